The Balaban J connectivity index is 1.43. The first kappa shape index (κ1) is 31.2. The fourth-order valence-corrected chi connectivity index (χ4v) is 9.44. The number of methoxy groups -OCH3 is 1. The molecule has 0 saturated carbocycles. The van der Waals surface area contributed by atoms with Crippen molar-refractivity contribution in [2.45, 2.75) is 25.3 Å². The SMILES string of the molecule is COCCOCCOCCNC(=O)c1ccc2c(c1)COC21c2ccc(N(C)C)cc2[Si](C)(C)c2cc(N(C)C)ccc21. The number of ether oxygens (including phenoxy) is 4. The van der Waals surface area contributed by atoms with Crippen LogP contribution in [0.4, 0.5) is 11.4 Å². The summed E-state index contributed by atoms with van der Waals surface area (Å²) in [7, 11) is 7.92. The molecule has 0 bridgehead atoms. The summed E-state index contributed by atoms with van der Waals surface area (Å²) in [5.74, 6) is -0.118. The molecule has 8 nitrogen and oxygen atoms in total. The number of nitrogens with one attached hydrogen (secondary N) is 1. The van der Waals surface area contributed by atoms with Gasteiger partial charge < -0.3 is 34.1 Å². The molecule has 0 fully saturated rings. The van der Waals surface area contributed by atoms with Crippen molar-refractivity contribution >= 4 is 35.7 Å². The maximum Gasteiger partial charge on any atom is 0.251 e. The topological polar surface area (TPSA) is 72.5 Å². The van der Waals surface area contributed by atoms with Gasteiger partial charge in [-0.1, -0.05) is 31.3 Å². The van der Waals surface area contributed by atoms with Gasteiger partial charge in [0, 0.05) is 58.8 Å². The van der Waals surface area contributed by atoms with Crippen LogP contribution in [0, 0.1) is 0 Å². The molecule has 0 unspecified atom stereocenters. The Labute approximate surface area is 256 Å². The van der Waals surface area contributed by atoms with Gasteiger partial charge in [0.1, 0.15) is 13.7 Å². The molecule has 0 aliphatic carbocycles. The van der Waals surface area contributed by atoms with Crippen molar-refractivity contribution in [1.82, 2.24) is 5.32 Å². The van der Waals surface area contributed by atoms with Crippen molar-refractivity contribution in [2.24, 2.45) is 0 Å². The average molecular weight is 604 g/mol. The molecule has 43 heavy (non-hydrogen) atoms. The van der Waals surface area contributed by atoms with Crippen LogP contribution in [0.2, 0.25) is 13.1 Å². The fraction of sp³-hybridized carbons (Fsp3) is 0.441. The Kier molecular flexibility index (Phi) is 9.29. The summed E-state index contributed by atoms with van der Waals surface area (Å²) >= 11 is 0. The van der Waals surface area contributed by atoms with Crippen LogP contribution in [0.5, 0.6) is 0 Å². The second-order valence-corrected chi connectivity index (χ2v) is 16.5. The summed E-state index contributed by atoms with van der Waals surface area (Å²) in [5.41, 5.74) is 6.89. The van der Waals surface area contributed by atoms with Gasteiger partial charge in [-0.2, -0.15) is 0 Å². The Hall–Kier alpha value is -3.21. The molecule has 2 aliphatic rings. The zero-order valence-corrected chi connectivity index (χ0v) is 27.6. The molecule has 3 aromatic rings. The fourth-order valence-electron chi connectivity index (χ4n) is 6.27. The van der Waals surface area contributed by atoms with Gasteiger partial charge in [-0.25, -0.2) is 0 Å². The molecule has 0 radical (unpaired) electrons. The minimum atomic E-state index is -2.09. The lowest BCUT2D eigenvalue weighted by atomic mass is 9.78. The summed E-state index contributed by atoms with van der Waals surface area (Å²) in [6, 6.07) is 19.7. The summed E-state index contributed by atoms with van der Waals surface area (Å²) in [6.45, 7) is 8.27. The molecule has 0 saturated heterocycles. The van der Waals surface area contributed by atoms with E-state index in [0.29, 0.717) is 51.7 Å². The lowest BCUT2D eigenvalue weighted by Gasteiger charge is -2.45. The van der Waals surface area contributed by atoms with Crippen LogP contribution >= 0.6 is 0 Å². The van der Waals surface area contributed by atoms with Gasteiger partial charge >= 0.3 is 0 Å². The molecule has 0 aromatic heterocycles. The number of rotatable bonds is 12. The van der Waals surface area contributed by atoms with E-state index in [9.17, 15) is 4.79 Å². The summed E-state index contributed by atoms with van der Waals surface area (Å²) in [4.78, 5) is 17.4. The van der Waals surface area contributed by atoms with Gasteiger partial charge in [0.05, 0.1) is 39.6 Å². The van der Waals surface area contributed by atoms with Gasteiger partial charge in [-0.3, -0.25) is 4.79 Å². The van der Waals surface area contributed by atoms with E-state index in [1.54, 1.807) is 7.11 Å². The van der Waals surface area contributed by atoms with Gasteiger partial charge in [-0.05, 0) is 69.0 Å². The quantitative estimate of drug-likeness (QED) is 0.252. The lowest BCUT2D eigenvalue weighted by Crippen LogP contribution is -2.63. The molecule has 0 atom stereocenters. The first-order chi connectivity index (χ1) is 20.6. The first-order valence-corrected chi connectivity index (χ1v) is 18.0. The van der Waals surface area contributed by atoms with Gasteiger partial charge in [-0.15, -0.1) is 0 Å². The van der Waals surface area contributed by atoms with Crippen LogP contribution in [0.25, 0.3) is 0 Å². The van der Waals surface area contributed by atoms with Crippen molar-refractivity contribution in [3.8, 4) is 0 Å². The molecule has 2 aliphatic heterocycles. The maximum absolute atomic E-state index is 13.1. The first-order valence-electron chi connectivity index (χ1n) is 15.0. The van der Waals surface area contributed by atoms with Crippen molar-refractivity contribution in [3.05, 3.63) is 82.4 Å². The minimum absolute atomic E-state index is 0.118. The molecule has 1 N–H and O–H groups in total. The van der Waals surface area contributed by atoms with Crippen LogP contribution in [0.3, 0.4) is 0 Å². The largest absolute Gasteiger partial charge is 0.382 e. The summed E-state index contributed by atoms with van der Waals surface area (Å²) < 4.78 is 22.8. The Bertz CT molecular complexity index is 1410. The molecule has 5 rings (SSSR count). The number of amides is 1. The number of carbonyl (C=O) groups is 1. The predicted octanol–water partition coefficient (Wildman–Crippen LogP) is 3.19. The van der Waals surface area contributed by atoms with Crippen molar-refractivity contribution in [2.75, 3.05) is 84.7 Å². The van der Waals surface area contributed by atoms with E-state index < -0.39 is 13.7 Å². The smallest absolute Gasteiger partial charge is 0.251 e. The van der Waals surface area contributed by atoms with Crippen LogP contribution in [-0.2, 0) is 31.2 Å². The number of anilines is 2. The van der Waals surface area contributed by atoms with E-state index in [4.69, 9.17) is 18.9 Å². The lowest BCUT2D eigenvalue weighted by molar-refractivity contribution is 0.0255. The molecule has 9 heteroatoms. The van der Waals surface area contributed by atoms with E-state index >= 15 is 0 Å². The summed E-state index contributed by atoms with van der Waals surface area (Å²) in [5, 5.41) is 5.76. The van der Waals surface area contributed by atoms with E-state index in [2.05, 4.69) is 98.9 Å². The van der Waals surface area contributed by atoms with E-state index in [1.807, 2.05) is 12.1 Å². The molecule has 1 spiro atoms. The minimum Gasteiger partial charge on any atom is -0.382 e. The number of benzene rings is 3. The highest BCUT2D eigenvalue weighted by atomic mass is 28.3. The molecule has 230 valence electrons. The molecular formula is C34H45N3O5Si. The van der Waals surface area contributed by atoms with Gasteiger partial charge in [0.15, 0.2) is 0 Å². The number of fused-ring (bicyclic) bond motifs is 6. The van der Waals surface area contributed by atoms with Gasteiger partial charge in [0.25, 0.3) is 5.91 Å². The van der Waals surface area contributed by atoms with E-state index in [-0.39, 0.29) is 5.91 Å². The number of hydrogen-bond donors (Lipinski definition) is 1. The highest BCUT2D eigenvalue weighted by Crippen LogP contribution is 2.49. The van der Waals surface area contributed by atoms with Crippen molar-refractivity contribution in [1.29, 1.82) is 0 Å². The van der Waals surface area contributed by atoms with Crippen LogP contribution in [0.1, 0.15) is 32.6 Å². The van der Waals surface area contributed by atoms with Crippen LogP contribution in [-0.4, -0.2) is 88.9 Å². The average Bonchev–Trinajstić information content (AvgIpc) is 3.38. The second-order valence-electron chi connectivity index (χ2n) is 12.2. The summed E-state index contributed by atoms with van der Waals surface area (Å²) in [6.07, 6.45) is 0. The van der Waals surface area contributed by atoms with E-state index in [0.717, 1.165) is 11.1 Å². The zero-order valence-electron chi connectivity index (χ0n) is 26.6. The third kappa shape index (κ3) is 5.84. The molecular weight excluding hydrogens is 558 g/mol. The zero-order chi connectivity index (χ0) is 30.8. The van der Waals surface area contributed by atoms with Crippen LogP contribution < -0.4 is 25.5 Å². The standard InChI is InChI=1S/C34H45N3O5Si/c1-36(2)26-9-12-29-31(21-26)43(6,7)32-22-27(37(3)4)10-13-30(32)34(29)28-11-8-24(20-25(28)23-42-34)33(38)35-14-15-40-18-19-41-17-16-39-5/h8-13,20-22H,14-19,23H2,1-7H3,(H,35,38). The Morgan fingerprint density at radius 2 is 1.37 bits per heavy atom. The third-order valence-corrected chi connectivity index (χ3v) is 12.2. The molecule has 3 aromatic carbocycles. The van der Waals surface area contributed by atoms with E-state index in [1.165, 1.54) is 32.9 Å². The monoisotopic (exact) mass is 603 g/mol. The highest BCUT2D eigenvalue weighted by Gasteiger charge is 2.53. The number of nitrogens with zero attached hydrogens (tertiary/aromatic N) is 2. The van der Waals surface area contributed by atoms with Gasteiger partial charge in [0.2, 0.25) is 0 Å². The Morgan fingerprint density at radius 3 is 1.95 bits per heavy atom. The number of hydrogen-bond acceptors (Lipinski definition) is 7. The van der Waals surface area contributed by atoms with Crippen molar-refractivity contribution in [3.63, 3.8) is 0 Å². The third-order valence-electron chi connectivity index (χ3n) is 8.67. The van der Waals surface area contributed by atoms with Crippen LogP contribution in [0.15, 0.2) is 54.6 Å². The molecule has 2 heterocycles. The predicted molar refractivity (Wildman–Crippen MR) is 175 cm³/mol. The Morgan fingerprint density at radius 1 is 0.814 bits per heavy atom. The number of carbonyl (C=O) groups excluding carboxylic acids is 1. The maximum atomic E-state index is 13.1. The van der Waals surface area contributed by atoms with Crippen molar-refractivity contribution < 1.29 is 23.7 Å². The highest BCUT2D eigenvalue weighted by molar-refractivity contribution is 7.01. The second kappa shape index (κ2) is 12.8. The normalized spacial score (nSPS) is 15.5. The molecule has 1 amide bonds.